The number of piperidine rings is 1. The lowest BCUT2D eigenvalue weighted by molar-refractivity contribution is 0.175. The number of aromatic nitrogens is 1. The van der Waals surface area contributed by atoms with Crippen LogP contribution in [0.4, 0.5) is 11.5 Å². The summed E-state index contributed by atoms with van der Waals surface area (Å²) in [6.07, 6.45) is 7.23. The van der Waals surface area contributed by atoms with Crippen LogP contribution in [-0.2, 0) is 0 Å². The molecule has 0 bridgehead atoms. The summed E-state index contributed by atoms with van der Waals surface area (Å²) in [6, 6.07) is 4.82. The van der Waals surface area contributed by atoms with Gasteiger partial charge in [-0.05, 0) is 38.4 Å². The Hall–Kier alpha value is -1.33. The van der Waals surface area contributed by atoms with Crippen LogP contribution in [0.25, 0.3) is 0 Å². The van der Waals surface area contributed by atoms with Gasteiger partial charge in [0.05, 0.1) is 0 Å². The van der Waals surface area contributed by atoms with E-state index in [-0.39, 0.29) is 0 Å². The number of anilines is 2. The van der Waals surface area contributed by atoms with E-state index in [4.69, 9.17) is 5.84 Å². The minimum atomic E-state index is 0.725. The molecule has 2 saturated heterocycles. The van der Waals surface area contributed by atoms with Crippen LogP contribution in [0.5, 0.6) is 0 Å². The first-order valence-corrected chi connectivity index (χ1v) is 7.28. The average Bonchev–Trinajstić information content (AvgIpc) is 2.98. The first-order chi connectivity index (χ1) is 9.36. The fourth-order valence-corrected chi connectivity index (χ4v) is 3.25. The zero-order valence-corrected chi connectivity index (χ0v) is 11.4. The molecule has 0 spiro atoms. The topological polar surface area (TPSA) is 57.4 Å². The van der Waals surface area contributed by atoms with Gasteiger partial charge in [0.2, 0.25) is 0 Å². The van der Waals surface area contributed by atoms with Crippen molar-refractivity contribution in [2.24, 2.45) is 5.84 Å². The van der Waals surface area contributed by atoms with Crippen molar-refractivity contribution >= 4 is 11.5 Å². The summed E-state index contributed by atoms with van der Waals surface area (Å²) >= 11 is 0. The predicted octanol–water partition coefficient (Wildman–Crippen LogP) is 1.43. The number of nitrogens with two attached hydrogens (primary N) is 1. The van der Waals surface area contributed by atoms with E-state index in [1.807, 2.05) is 12.3 Å². The Bertz CT molecular complexity index is 416. The van der Waals surface area contributed by atoms with Crippen molar-refractivity contribution in [2.75, 3.05) is 36.5 Å². The smallest absolute Gasteiger partial charge is 0.141 e. The van der Waals surface area contributed by atoms with Gasteiger partial charge in [0, 0.05) is 37.1 Å². The van der Waals surface area contributed by atoms with E-state index in [1.165, 1.54) is 44.5 Å². The maximum Gasteiger partial charge on any atom is 0.141 e. The van der Waals surface area contributed by atoms with Crippen LogP contribution in [0.3, 0.4) is 0 Å². The van der Waals surface area contributed by atoms with Gasteiger partial charge in [0.25, 0.3) is 0 Å². The molecular formula is C14H23N5. The Balaban J connectivity index is 1.64. The SMILES string of the molecule is NNc1cc(N2CCC(N3CCCCC3)C2)ccn1. The highest BCUT2D eigenvalue weighted by Crippen LogP contribution is 2.25. The number of rotatable bonds is 3. The number of nitrogens with zero attached hydrogens (tertiary/aromatic N) is 3. The molecule has 2 aliphatic heterocycles. The van der Waals surface area contributed by atoms with Crippen molar-refractivity contribution in [3.8, 4) is 0 Å². The van der Waals surface area contributed by atoms with Crippen molar-refractivity contribution in [3.63, 3.8) is 0 Å². The van der Waals surface area contributed by atoms with Crippen LogP contribution in [0, 0.1) is 0 Å². The lowest BCUT2D eigenvalue weighted by Gasteiger charge is -2.32. The molecule has 5 nitrogen and oxygen atoms in total. The monoisotopic (exact) mass is 261 g/mol. The third kappa shape index (κ3) is 2.82. The Morgan fingerprint density at radius 3 is 2.84 bits per heavy atom. The van der Waals surface area contributed by atoms with E-state index >= 15 is 0 Å². The molecule has 2 fully saturated rings. The van der Waals surface area contributed by atoms with Gasteiger partial charge in [-0.1, -0.05) is 6.42 Å². The summed E-state index contributed by atoms with van der Waals surface area (Å²) in [5.41, 5.74) is 3.84. The number of pyridine rings is 1. The molecule has 1 unspecified atom stereocenters. The lowest BCUT2D eigenvalue weighted by atomic mass is 10.1. The van der Waals surface area contributed by atoms with Gasteiger partial charge in [0.15, 0.2) is 0 Å². The molecule has 1 aromatic heterocycles. The van der Waals surface area contributed by atoms with E-state index in [1.54, 1.807) is 0 Å². The molecule has 1 aromatic rings. The second kappa shape index (κ2) is 5.75. The maximum atomic E-state index is 5.42. The van der Waals surface area contributed by atoms with Crippen LogP contribution in [0.15, 0.2) is 18.3 Å². The molecule has 3 heterocycles. The van der Waals surface area contributed by atoms with E-state index in [0.717, 1.165) is 24.9 Å². The molecule has 3 N–H and O–H groups in total. The number of nitrogens with one attached hydrogen (secondary N) is 1. The minimum Gasteiger partial charge on any atom is -0.370 e. The van der Waals surface area contributed by atoms with Crippen molar-refractivity contribution in [3.05, 3.63) is 18.3 Å². The van der Waals surface area contributed by atoms with E-state index in [9.17, 15) is 0 Å². The second-order valence-electron chi connectivity index (χ2n) is 5.53. The zero-order valence-electron chi connectivity index (χ0n) is 11.4. The van der Waals surface area contributed by atoms with Gasteiger partial charge < -0.3 is 10.3 Å². The molecule has 5 heteroatoms. The van der Waals surface area contributed by atoms with Crippen molar-refractivity contribution in [2.45, 2.75) is 31.7 Å². The predicted molar refractivity (Wildman–Crippen MR) is 78.1 cm³/mol. The summed E-state index contributed by atoms with van der Waals surface area (Å²) in [5.74, 6) is 6.16. The van der Waals surface area contributed by atoms with Crippen LogP contribution in [-0.4, -0.2) is 42.1 Å². The van der Waals surface area contributed by atoms with Gasteiger partial charge in [-0.3, -0.25) is 4.90 Å². The second-order valence-corrected chi connectivity index (χ2v) is 5.53. The molecule has 2 aliphatic rings. The molecule has 3 rings (SSSR count). The summed E-state index contributed by atoms with van der Waals surface area (Å²) in [6.45, 7) is 4.83. The van der Waals surface area contributed by atoms with Crippen molar-refractivity contribution < 1.29 is 0 Å². The lowest BCUT2D eigenvalue weighted by Crippen LogP contribution is -2.40. The molecule has 0 amide bonds. The minimum absolute atomic E-state index is 0.725. The number of hydrogen-bond donors (Lipinski definition) is 2. The third-order valence-corrected chi connectivity index (χ3v) is 4.33. The fourth-order valence-electron chi connectivity index (χ4n) is 3.25. The fraction of sp³-hybridized carbons (Fsp3) is 0.643. The van der Waals surface area contributed by atoms with Gasteiger partial charge in [-0.15, -0.1) is 0 Å². The largest absolute Gasteiger partial charge is 0.370 e. The van der Waals surface area contributed by atoms with Crippen molar-refractivity contribution in [1.82, 2.24) is 9.88 Å². The molecule has 0 aliphatic carbocycles. The highest BCUT2D eigenvalue weighted by atomic mass is 15.3. The van der Waals surface area contributed by atoms with E-state index in [0.29, 0.717) is 0 Å². The maximum absolute atomic E-state index is 5.42. The van der Waals surface area contributed by atoms with Crippen molar-refractivity contribution in [1.29, 1.82) is 0 Å². The Morgan fingerprint density at radius 1 is 1.21 bits per heavy atom. The highest BCUT2D eigenvalue weighted by molar-refractivity contribution is 5.54. The number of nitrogen functional groups attached to an aromatic ring is 1. The average molecular weight is 261 g/mol. The number of hydrazine groups is 1. The van der Waals surface area contributed by atoms with Gasteiger partial charge in [-0.2, -0.15) is 0 Å². The van der Waals surface area contributed by atoms with E-state index in [2.05, 4.69) is 26.3 Å². The molecular weight excluding hydrogens is 238 g/mol. The molecule has 1 atom stereocenters. The standard InChI is InChI=1S/C14H23N5/c15-17-14-10-12(4-6-16-14)19-9-5-13(11-19)18-7-2-1-3-8-18/h4,6,10,13H,1-3,5,7-9,11,15H2,(H,16,17). The molecule has 19 heavy (non-hydrogen) atoms. The Morgan fingerprint density at radius 2 is 2.05 bits per heavy atom. The van der Waals surface area contributed by atoms with Crippen LogP contribution in [0.1, 0.15) is 25.7 Å². The quantitative estimate of drug-likeness (QED) is 0.637. The highest BCUT2D eigenvalue weighted by Gasteiger charge is 2.28. The normalized spacial score (nSPS) is 24.7. The Labute approximate surface area is 114 Å². The number of likely N-dealkylation sites (tertiary alicyclic amines) is 1. The van der Waals surface area contributed by atoms with E-state index < -0.39 is 0 Å². The van der Waals surface area contributed by atoms with Crippen LogP contribution in [0.2, 0.25) is 0 Å². The first kappa shape index (κ1) is 12.7. The zero-order chi connectivity index (χ0) is 13.1. The van der Waals surface area contributed by atoms with Gasteiger partial charge in [-0.25, -0.2) is 10.8 Å². The summed E-state index contributed by atoms with van der Waals surface area (Å²) in [7, 11) is 0. The van der Waals surface area contributed by atoms with Gasteiger partial charge >= 0.3 is 0 Å². The molecule has 104 valence electrons. The van der Waals surface area contributed by atoms with Crippen LogP contribution >= 0.6 is 0 Å². The van der Waals surface area contributed by atoms with Gasteiger partial charge in [0.1, 0.15) is 5.82 Å². The summed E-state index contributed by atoms with van der Waals surface area (Å²) in [4.78, 5) is 9.28. The Kier molecular flexibility index (Phi) is 3.84. The number of hydrogen-bond acceptors (Lipinski definition) is 5. The molecule has 0 radical (unpaired) electrons. The molecule has 0 saturated carbocycles. The third-order valence-electron chi connectivity index (χ3n) is 4.33. The van der Waals surface area contributed by atoms with Crippen LogP contribution < -0.4 is 16.2 Å². The molecule has 0 aromatic carbocycles. The first-order valence-electron chi connectivity index (χ1n) is 7.28. The summed E-state index contributed by atoms with van der Waals surface area (Å²) in [5, 5.41) is 0. The summed E-state index contributed by atoms with van der Waals surface area (Å²) < 4.78 is 0.